The van der Waals surface area contributed by atoms with Gasteiger partial charge in [-0.05, 0) is 31.0 Å². The van der Waals surface area contributed by atoms with Crippen molar-refractivity contribution < 1.29 is 14.3 Å². The smallest absolute Gasteiger partial charge is 0.300 e. The van der Waals surface area contributed by atoms with Crippen LogP contribution in [0.25, 0.3) is 0 Å². The molecule has 0 radical (unpaired) electrons. The molecule has 0 aliphatic carbocycles. The van der Waals surface area contributed by atoms with Gasteiger partial charge in [-0.2, -0.15) is 0 Å². The predicted octanol–water partition coefficient (Wildman–Crippen LogP) is 2.53. The van der Waals surface area contributed by atoms with Crippen LogP contribution in [-0.2, 0) is 4.79 Å². The summed E-state index contributed by atoms with van der Waals surface area (Å²) in [4.78, 5) is 9.00. The Balaban J connectivity index is 0.000000310. The Morgan fingerprint density at radius 2 is 1.85 bits per heavy atom. The third-order valence-corrected chi connectivity index (χ3v) is 1.33. The van der Waals surface area contributed by atoms with Crippen molar-refractivity contribution in [2.24, 2.45) is 0 Å². The summed E-state index contributed by atoms with van der Waals surface area (Å²) >= 11 is 0. The second kappa shape index (κ2) is 5.30. The van der Waals surface area contributed by atoms with E-state index in [2.05, 4.69) is 0 Å². The normalized spacial score (nSPS) is 8.62. The van der Waals surface area contributed by atoms with E-state index in [1.54, 1.807) is 13.0 Å². The molecule has 1 N–H and O–H groups in total. The van der Waals surface area contributed by atoms with Crippen molar-refractivity contribution >= 4 is 5.97 Å². The van der Waals surface area contributed by atoms with Crippen molar-refractivity contribution in [3.8, 4) is 0 Å². The van der Waals surface area contributed by atoms with Gasteiger partial charge in [0.25, 0.3) is 5.97 Å². The fourth-order valence-electron chi connectivity index (χ4n) is 0.698. The van der Waals surface area contributed by atoms with Gasteiger partial charge in [-0.1, -0.05) is 12.1 Å². The number of carbonyl (C=O) groups is 1. The fraction of sp³-hybridized carbons (Fsp3) is 0.300. The lowest BCUT2D eigenvalue weighted by Crippen LogP contribution is -1.81. The minimum Gasteiger partial charge on any atom is -0.481 e. The van der Waals surface area contributed by atoms with Gasteiger partial charge in [0, 0.05) is 6.92 Å². The Bertz CT molecular complexity index is 291. The van der Waals surface area contributed by atoms with Crippen molar-refractivity contribution in [2.45, 2.75) is 20.8 Å². The Hall–Kier alpha value is -1.38. The second-order valence-electron chi connectivity index (χ2n) is 2.77. The van der Waals surface area contributed by atoms with Crippen LogP contribution in [0.15, 0.2) is 18.2 Å². The molecule has 0 aromatic heterocycles. The molecule has 0 spiro atoms. The van der Waals surface area contributed by atoms with E-state index in [1.165, 1.54) is 6.07 Å². The highest BCUT2D eigenvalue weighted by molar-refractivity contribution is 5.62. The number of carboxylic acids is 1. The van der Waals surface area contributed by atoms with Crippen molar-refractivity contribution in [1.29, 1.82) is 0 Å². The molecule has 13 heavy (non-hydrogen) atoms. The fourth-order valence-corrected chi connectivity index (χ4v) is 0.698. The average molecular weight is 184 g/mol. The standard InChI is InChI=1S/C8H9F.C2H4O2/c1-6-3-4-7(2)8(9)5-6;1-2(3)4/h3-5H,1-2H3;1H3,(H,3,4). The van der Waals surface area contributed by atoms with Crippen LogP contribution >= 0.6 is 0 Å². The van der Waals surface area contributed by atoms with Crippen LogP contribution < -0.4 is 0 Å². The summed E-state index contributed by atoms with van der Waals surface area (Å²) in [5.74, 6) is -0.949. The van der Waals surface area contributed by atoms with E-state index in [1.807, 2.05) is 13.0 Å². The molecule has 0 bridgehead atoms. The highest BCUT2D eigenvalue weighted by atomic mass is 19.1. The van der Waals surface area contributed by atoms with Crippen molar-refractivity contribution in [3.63, 3.8) is 0 Å². The first-order valence-electron chi connectivity index (χ1n) is 3.85. The zero-order valence-corrected chi connectivity index (χ0v) is 7.97. The SMILES string of the molecule is CC(=O)O.Cc1ccc(C)c(F)c1. The number of benzene rings is 1. The number of aliphatic carboxylic acids is 1. The zero-order valence-electron chi connectivity index (χ0n) is 7.97. The van der Waals surface area contributed by atoms with Crippen molar-refractivity contribution in [3.05, 3.63) is 35.1 Å². The first-order valence-corrected chi connectivity index (χ1v) is 3.85. The van der Waals surface area contributed by atoms with E-state index in [-0.39, 0.29) is 5.82 Å². The number of carboxylic acid groups (broad SMARTS) is 1. The summed E-state index contributed by atoms with van der Waals surface area (Å²) in [6.45, 7) is 4.72. The minimum absolute atomic E-state index is 0.116. The Kier molecular flexibility index (Phi) is 4.74. The van der Waals surface area contributed by atoms with Gasteiger partial charge in [-0.25, -0.2) is 4.39 Å². The molecule has 0 saturated heterocycles. The quantitative estimate of drug-likeness (QED) is 0.672. The average Bonchev–Trinajstić information content (AvgIpc) is 1.96. The van der Waals surface area contributed by atoms with E-state index in [0.717, 1.165) is 12.5 Å². The topological polar surface area (TPSA) is 37.3 Å². The number of rotatable bonds is 0. The molecule has 1 aromatic carbocycles. The van der Waals surface area contributed by atoms with E-state index in [0.29, 0.717) is 5.56 Å². The van der Waals surface area contributed by atoms with Gasteiger partial charge in [0.1, 0.15) is 5.82 Å². The van der Waals surface area contributed by atoms with Crippen LogP contribution in [0.3, 0.4) is 0 Å². The second-order valence-corrected chi connectivity index (χ2v) is 2.77. The molecular weight excluding hydrogens is 171 g/mol. The molecule has 0 fully saturated rings. The van der Waals surface area contributed by atoms with E-state index >= 15 is 0 Å². The van der Waals surface area contributed by atoms with Crippen LogP contribution in [0.1, 0.15) is 18.1 Å². The predicted molar refractivity (Wildman–Crippen MR) is 49.2 cm³/mol. The van der Waals surface area contributed by atoms with Gasteiger partial charge >= 0.3 is 0 Å². The Labute approximate surface area is 77.0 Å². The molecule has 0 amide bonds. The molecule has 2 nitrogen and oxygen atoms in total. The van der Waals surface area contributed by atoms with Gasteiger partial charge in [-0.15, -0.1) is 0 Å². The summed E-state index contributed by atoms with van der Waals surface area (Å²) in [6.07, 6.45) is 0. The largest absolute Gasteiger partial charge is 0.481 e. The van der Waals surface area contributed by atoms with Crippen LogP contribution in [0, 0.1) is 19.7 Å². The van der Waals surface area contributed by atoms with Gasteiger partial charge < -0.3 is 5.11 Å². The summed E-state index contributed by atoms with van der Waals surface area (Å²) < 4.78 is 12.6. The zero-order chi connectivity index (χ0) is 10.4. The molecule has 72 valence electrons. The number of halogens is 1. The molecule has 1 aromatic rings. The van der Waals surface area contributed by atoms with Gasteiger partial charge in [0.05, 0.1) is 0 Å². The van der Waals surface area contributed by atoms with Crippen molar-refractivity contribution in [2.75, 3.05) is 0 Å². The third kappa shape index (κ3) is 5.84. The highest BCUT2D eigenvalue weighted by Gasteiger charge is 1.93. The molecule has 0 aliphatic rings. The number of aryl methyl sites for hydroxylation is 2. The summed E-state index contributed by atoms with van der Waals surface area (Å²) in [5.41, 5.74) is 1.68. The van der Waals surface area contributed by atoms with Gasteiger partial charge in [-0.3, -0.25) is 4.79 Å². The van der Waals surface area contributed by atoms with Crippen LogP contribution in [0.4, 0.5) is 4.39 Å². The molecule has 0 aliphatic heterocycles. The molecular formula is C10H13FO2. The van der Waals surface area contributed by atoms with E-state index in [4.69, 9.17) is 9.90 Å². The molecule has 0 atom stereocenters. The molecule has 0 heterocycles. The summed E-state index contributed by atoms with van der Waals surface area (Å²) in [5, 5.41) is 7.42. The maximum atomic E-state index is 12.6. The highest BCUT2D eigenvalue weighted by Crippen LogP contribution is 2.06. The van der Waals surface area contributed by atoms with E-state index in [9.17, 15) is 4.39 Å². The van der Waals surface area contributed by atoms with Gasteiger partial charge in [0.15, 0.2) is 0 Å². The van der Waals surface area contributed by atoms with Crippen LogP contribution in [0.5, 0.6) is 0 Å². The van der Waals surface area contributed by atoms with Crippen LogP contribution in [0.2, 0.25) is 0 Å². The Morgan fingerprint density at radius 1 is 1.38 bits per heavy atom. The molecule has 0 unspecified atom stereocenters. The number of hydrogen-bond acceptors (Lipinski definition) is 1. The lowest BCUT2D eigenvalue weighted by molar-refractivity contribution is -0.134. The first kappa shape index (κ1) is 11.6. The summed E-state index contributed by atoms with van der Waals surface area (Å²) in [6, 6.07) is 5.22. The van der Waals surface area contributed by atoms with Gasteiger partial charge in [0.2, 0.25) is 0 Å². The molecule has 3 heteroatoms. The third-order valence-electron chi connectivity index (χ3n) is 1.33. The van der Waals surface area contributed by atoms with E-state index < -0.39 is 5.97 Å². The minimum atomic E-state index is -0.833. The van der Waals surface area contributed by atoms with Crippen LogP contribution in [-0.4, -0.2) is 11.1 Å². The number of hydrogen-bond donors (Lipinski definition) is 1. The maximum absolute atomic E-state index is 12.6. The van der Waals surface area contributed by atoms with Crippen molar-refractivity contribution in [1.82, 2.24) is 0 Å². The maximum Gasteiger partial charge on any atom is 0.300 e. The molecule has 0 saturated carbocycles. The lowest BCUT2D eigenvalue weighted by atomic mass is 10.2. The first-order chi connectivity index (χ1) is 5.93. The molecule has 1 rings (SSSR count). The lowest BCUT2D eigenvalue weighted by Gasteiger charge is -1.94. The summed E-state index contributed by atoms with van der Waals surface area (Å²) in [7, 11) is 0. The monoisotopic (exact) mass is 184 g/mol. The Morgan fingerprint density at radius 3 is 2.15 bits per heavy atom.